The lowest BCUT2D eigenvalue weighted by Crippen LogP contribution is -2.25. The maximum atomic E-state index is 12.4. The predicted molar refractivity (Wildman–Crippen MR) is 117 cm³/mol. The first kappa shape index (κ1) is 21.4. The first-order valence-electron chi connectivity index (χ1n) is 10.1. The number of hydrogen-bond acceptors (Lipinski definition) is 4. The number of rotatable bonds is 10. The molecule has 0 saturated carbocycles. The third-order valence-corrected chi connectivity index (χ3v) is 4.61. The lowest BCUT2D eigenvalue weighted by molar-refractivity contribution is 0.0626. The third kappa shape index (κ3) is 6.64. The Bertz CT molecular complexity index is 925. The van der Waals surface area contributed by atoms with Crippen LogP contribution in [0.3, 0.4) is 0 Å². The summed E-state index contributed by atoms with van der Waals surface area (Å²) in [5.74, 6) is 1.06. The van der Waals surface area contributed by atoms with Crippen molar-refractivity contribution < 1.29 is 19.4 Å². The molecule has 0 unspecified atom stereocenters. The zero-order valence-electron chi connectivity index (χ0n) is 17.1. The molecular weight excluding hydrogens is 378 g/mol. The summed E-state index contributed by atoms with van der Waals surface area (Å²) in [5, 5.41) is 13.0. The minimum atomic E-state index is -0.786. The van der Waals surface area contributed by atoms with Crippen LogP contribution in [0.5, 0.6) is 11.5 Å². The highest BCUT2D eigenvalue weighted by atomic mass is 16.5. The van der Waals surface area contributed by atoms with Gasteiger partial charge in [-0.25, -0.2) is 0 Å². The molecule has 30 heavy (non-hydrogen) atoms. The van der Waals surface area contributed by atoms with Crippen LogP contribution in [-0.4, -0.2) is 30.3 Å². The molecule has 0 aliphatic heterocycles. The van der Waals surface area contributed by atoms with E-state index in [0.717, 1.165) is 12.0 Å². The van der Waals surface area contributed by atoms with Crippen molar-refractivity contribution in [1.29, 1.82) is 0 Å². The quantitative estimate of drug-likeness (QED) is 0.535. The van der Waals surface area contributed by atoms with Crippen molar-refractivity contribution in [3.05, 3.63) is 95.6 Å². The van der Waals surface area contributed by atoms with Crippen molar-refractivity contribution in [2.45, 2.75) is 26.0 Å². The normalized spacial score (nSPS) is 11.5. The molecule has 0 aliphatic rings. The largest absolute Gasteiger partial charge is 0.491 e. The van der Waals surface area contributed by atoms with Gasteiger partial charge in [-0.3, -0.25) is 4.79 Å². The first-order chi connectivity index (χ1) is 14.6. The molecular formula is C25H27NO4. The van der Waals surface area contributed by atoms with E-state index in [1.54, 1.807) is 24.3 Å². The van der Waals surface area contributed by atoms with Crippen LogP contribution >= 0.6 is 0 Å². The Morgan fingerprint density at radius 1 is 0.867 bits per heavy atom. The molecule has 0 bridgehead atoms. The highest BCUT2D eigenvalue weighted by molar-refractivity contribution is 5.94. The van der Waals surface area contributed by atoms with Gasteiger partial charge in [0, 0.05) is 12.1 Å². The minimum absolute atomic E-state index is 0.0716. The van der Waals surface area contributed by atoms with Gasteiger partial charge in [-0.2, -0.15) is 0 Å². The molecule has 1 atom stereocenters. The number of carbonyl (C=O) groups excluding carboxylic acids is 1. The number of aryl methyl sites for hydroxylation is 1. The van der Waals surface area contributed by atoms with E-state index < -0.39 is 6.10 Å². The van der Waals surface area contributed by atoms with E-state index in [4.69, 9.17) is 9.47 Å². The number of aliphatic hydroxyl groups excluding tert-OH is 1. The van der Waals surface area contributed by atoms with Crippen molar-refractivity contribution in [2.75, 3.05) is 13.2 Å². The first-order valence-corrected chi connectivity index (χ1v) is 10.1. The molecule has 0 saturated heterocycles. The van der Waals surface area contributed by atoms with Crippen molar-refractivity contribution >= 4 is 5.91 Å². The average Bonchev–Trinajstić information content (AvgIpc) is 2.81. The molecule has 0 aromatic heterocycles. The van der Waals surface area contributed by atoms with Crippen LogP contribution < -0.4 is 14.8 Å². The molecule has 3 aromatic rings. The standard InChI is InChI=1S/C25H27NO4/c1-2-19-11-13-23(14-12-19)29-17-22(27)18-30-24-10-6-9-21(15-24)25(28)26-16-20-7-4-3-5-8-20/h3-15,22,27H,2,16-18H2,1H3,(H,26,28)/t22-/m1/s1. The SMILES string of the molecule is CCc1ccc(OC[C@@H](O)COc2cccc(C(=O)NCc3ccccc3)c2)cc1. The summed E-state index contributed by atoms with van der Waals surface area (Å²) in [4.78, 5) is 12.4. The Labute approximate surface area is 177 Å². The van der Waals surface area contributed by atoms with Gasteiger partial charge in [0.25, 0.3) is 5.91 Å². The smallest absolute Gasteiger partial charge is 0.251 e. The van der Waals surface area contributed by atoms with E-state index in [1.807, 2.05) is 54.6 Å². The Hall–Kier alpha value is -3.31. The fourth-order valence-electron chi connectivity index (χ4n) is 2.86. The summed E-state index contributed by atoms with van der Waals surface area (Å²) in [5.41, 5.74) is 2.77. The van der Waals surface area contributed by atoms with Crippen molar-refractivity contribution in [3.63, 3.8) is 0 Å². The molecule has 1 amide bonds. The second kappa shape index (κ2) is 11.0. The van der Waals surface area contributed by atoms with Gasteiger partial charge in [0.2, 0.25) is 0 Å². The van der Waals surface area contributed by atoms with Gasteiger partial charge in [-0.05, 0) is 47.9 Å². The van der Waals surface area contributed by atoms with Crippen molar-refractivity contribution in [2.24, 2.45) is 0 Å². The fraction of sp³-hybridized carbons (Fsp3) is 0.240. The average molecular weight is 405 g/mol. The zero-order valence-corrected chi connectivity index (χ0v) is 17.1. The maximum absolute atomic E-state index is 12.4. The van der Waals surface area contributed by atoms with Crippen LogP contribution in [0.1, 0.15) is 28.4 Å². The van der Waals surface area contributed by atoms with Gasteiger partial charge < -0.3 is 19.9 Å². The van der Waals surface area contributed by atoms with Crippen LogP contribution in [-0.2, 0) is 13.0 Å². The topological polar surface area (TPSA) is 67.8 Å². The summed E-state index contributed by atoms with van der Waals surface area (Å²) in [6.45, 7) is 2.75. The van der Waals surface area contributed by atoms with Crippen LogP contribution in [0, 0.1) is 0 Å². The van der Waals surface area contributed by atoms with Gasteiger partial charge in [0.1, 0.15) is 30.8 Å². The highest BCUT2D eigenvalue weighted by Crippen LogP contribution is 2.15. The molecule has 0 radical (unpaired) electrons. The van der Waals surface area contributed by atoms with E-state index >= 15 is 0 Å². The van der Waals surface area contributed by atoms with Gasteiger partial charge in [0.15, 0.2) is 0 Å². The molecule has 5 nitrogen and oxygen atoms in total. The highest BCUT2D eigenvalue weighted by Gasteiger charge is 2.10. The summed E-state index contributed by atoms with van der Waals surface area (Å²) in [6.07, 6.45) is 0.187. The summed E-state index contributed by atoms with van der Waals surface area (Å²) >= 11 is 0. The van der Waals surface area contributed by atoms with E-state index in [9.17, 15) is 9.90 Å². The second-order valence-corrected chi connectivity index (χ2v) is 6.97. The lowest BCUT2D eigenvalue weighted by atomic mass is 10.2. The molecule has 0 aliphatic carbocycles. The Balaban J connectivity index is 1.45. The summed E-state index contributed by atoms with van der Waals surface area (Å²) in [7, 11) is 0. The van der Waals surface area contributed by atoms with Gasteiger partial charge in [-0.15, -0.1) is 0 Å². The lowest BCUT2D eigenvalue weighted by Gasteiger charge is -2.14. The van der Waals surface area contributed by atoms with Gasteiger partial charge >= 0.3 is 0 Å². The van der Waals surface area contributed by atoms with Crippen LogP contribution in [0.2, 0.25) is 0 Å². The van der Waals surface area contributed by atoms with Gasteiger partial charge in [0.05, 0.1) is 0 Å². The molecule has 0 fully saturated rings. The van der Waals surface area contributed by atoms with Gasteiger partial charge in [-0.1, -0.05) is 55.5 Å². The molecule has 0 heterocycles. The Morgan fingerprint density at radius 3 is 2.27 bits per heavy atom. The van der Waals surface area contributed by atoms with Crippen LogP contribution in [0.15, 0.2) is 78.9 Å². The van der Waals surface area contributed by atoms with Crippen molar-refractivity contribution in [1.82, 2.24) is 5.32 Å². The number of ether oxygens (including phenoxy) is 2. The molecule has 3 aromatic carbocycles. The number of nitrogens with one attached hydrogen (secondary N) is 1. The van der Waals surface area contributed by atoms with Crippen molar-refractivity contribution in [3.8, 4) is 11.5 Å². The van der Waals surface area contributed by atoms with E-state index in [1.165, 1.54) is 5.56 Å². The number of benzene rings is 3. The fourth-order valence-corrected chi connectivity index (χ4v) is 2.86. The second-order valence-electron chi connectivity index (χ2n) is 6.97. The Morgan fingerprint density at radius 2 is 1.57 bits per heavy atom. The third-order valence-electron chi connectivity index (χ3n) is 4.61. The number of amides is 1. The molecule has 3 rings (SSSR count). The molecule has 0 spiro atoms. The summed E-state index contributed by atoms with van der Waals surface area (Å²) in [6, 6.07) is 24.4. The molecule has 156 valence electrons. The summed E-state index contributed by atoms with van der Waals surface area (Å²) < 4.78 is 11.2. The van der Waals surface area contributed by atoms with E-state index in [-0.39, 0.29) is 19.1 Å². The molecule has 2 N–H and O–H groups in total. The number of carbonyl (C=O) groups is 1. The van der Waals surface area contributed by atoms with E-state index in [0.29, 0.717) is 23.6 Å². The van der Waals surface area contributed by atoms with E-state index in [2.05, 4.69) is 12.2 Å². The minimum Gasteiger partial charge on any atom is -0.491 e. The Kier molecular flexibility index (Phi) is 7.86. The van der Waals surface area contributed by atoms with Crippen LogP contribution in [0.25, 0.3) is 0 Å². The molecule has 5 heteroatoms. The number of hydrogen-bond donors (Lipinski definition) is 2. The number of aliphatic hydroxyl groups is 1. The maximum Gasteiger partial charge on any atom is 0.251 e. The van der Waals surface area contributed by atoms with Crippen LogP contribution in [0.4, 0.5) is 0 Å². The zero-order chi connectivity index (χ0) is 21.2. The monoisotopic (exact) mass is 405 g/mol. The predicted octanol–water partition coefficient (Wildman–Crippen LogP) is 4.00.